The fourth-order valence-electron chi connectivity index (χ4n) is 11.7. The van der Waals surface area contributed by atoms with Gasteiger partial charge in [-0.3, -0.25) is 34.1 Å². The monoisotopic (exact) mass is 1280 g/mol. The Morgan fingerprint density at radius 2 is 0.884 bits per heavy atom. The number of nitrogens with one attached hydrogen (secondary N) is 2. The van der Waals surface area contributed by atoms with Gasteiger partial charge in [0.05, 0.1) is 108 Å². The minimum Gasteiger partial charge on any atom is -0.497 e. The van der Waals surface area contributed by atoms with Crippen molar-refractivity contribution in [3.63, 3.8) is 0 Å². The summed E-state index contributed by atoms with van der Waals surface area (Å²) in [7, 11) is 3.27. The number of carbonyl (C=O) groups is 4. The number of aromatic nitrogens is 12. The molecule has 0 atom stereocenters. The summed E-state index contributed by atoms with van der Waals surface area (Å²) >= 11 is 5.86. The molecular formula is C72H57ClN16O6. The molecule has 18 rings (SSSR count). The molecule has 468 valence electrons. The molecule has 95 heavy (non-hydrogen) atoms. The summed E-state index contributed by atoms with van der Waals surface area (Å²) in [6.45, 7) is 3.12. The highest BCUT2D eigenvalue weighted by atomic mass is 35.5. The first kappa shape index (κ1) is 60.3. The van der Waals surface area contributed by atoms with Gasteiger partial charge in [-0.1, -0.05) is 48.0 Å². The van der Waals surface area contributed by atoms with Gasteiger partial charge in [0.1, 0.15) is 40.4 Å². The number of hydrogen-bond donors (Lipinski definition) is 2. The average molecular weight is 1280 g/mol. The Morgan fingerprint density at radius 3 is 1.34 bits per heavy atom. The third-order valence-electron chi connectivity index (χ3n) is 16.6. The maximum Gasteiger partial charge on any atom is 0.256 e. The van der Waals surface area contributed by atoms with Crippen molar-refractivity contribution in [3.05, 3.63) is 280 Å². The topological polar surface area (TPSA) is 248 Å². The summed E-state index contributed by atoms with van der Waals surface area (Å²) in [6.07, 6.45) is 25.2. The number of fused-ring (bicyclic) bond motifs is 8. The molecule has 1 aliphatic carbocycles. The molecule has 22 nitrogen and oxygen atoms in total. The summed E-state index contributed by atoms with van der Waals surface area (Å²) in [5, 5.41) is 9.16. The minimum atomic E-state index is -0.0457. The average Bonchev–Trinajstić information content (AvgIpc) is 1.68. The van der Waals surface area contributed by atoms with Gasteiger partial charge in [-0.15, -0.1) is 0 Å². The lowest BCUT2D eigenvalue weighted by molar-refractivity contribution is 0.0759. The fraction of sp³-hybridized carbons (Fsp3) is 0.125. The van der Waals surface area contributed by atoms with Crippen LogP contribution >= 0.6 is 11.6 Å². The van der Waals surface area contributed by atoms with Crippen molar-refractivity contribution in [1.29, 1.82) is 0 Å². The van der Waals surface area contributed by atoms with Crippen LogP contribution in [0, 0.1) is 0 Å². The summed E-state index contributed by atoms with van der Waals surface area (Å²) in [4.78, 5) is 90.1. The first-order valence-electron chi connectivity index (χ1n) is 30.3. The van der Waals surface area contributed by atoms with E-state index in [1.54, 1.807) is 56.2 Å². The molecule has 13 aromatic rings. The quantitative estimate of drug-likeness (QED) is 0.128. The van der Waals surface area contributed by atoms with Crippen molar-refractivity contribution in [1.82, 2.24) is 79.0 Å². The number of halogens is 1. The zero-order chi connectivity index (χ0) is 64.9. The Kier molecular flexibility index (Phi) is 16.8. The minimum absolute atomic E-state index is 0.0000141. The molecule has 0 spiro atoms. The number of benzene rings is 2. The van der Waals surface area contributed by atoms with Gasteiger partial charge in [0.2, 0.25) is 0 Å². The normalized spacial score (nSPS) is 13.5. The van der Waals surface area contributed by atoms with Crippen LogP contribution < -0.4 is 20.1 Å². The molecule has 23 heteroatoms. The second-order valence-corrected chi connectivity index (χ2v) is 22.8. The number of amides is 4. The van der Waals surface area contributed by atoms with Crippen molar-refractivity contribution < 1.29 is 28.7 Å². The fourth-order valence-corrected chi connectivity index (χ4v) is 11.9. The number of carbonyl (C=O) groups excluding carboxylic acids is 4. The van der Waals surface area contributed by atoms with E-state index in [-0.39, 0.29) is 23.6 Å². The largest absolute Gasteiger partial charge is 0.497 e. The van der Waals surface area contributed by atoms with Crippen molar-refractivity contribution in [2.24, 2.45) is 0 Å². The molecule has 4 amide bonds. The predicted molar refractivity (Wildman–Crippen MR) is 356 cm³/mol. The maximum atomic E-state index is 12.8. The van der Waals surface area contributed by atoms with Gasteiger partial charge in [-0.25, -0.2) is 29.9 Å². The van der Waals surface area contributed by atoms with E-state index >= 15 is 0 Å². The Hall–Kier alpha value is -12.3. The van der Waals surface area contributed by atoms with Gasteiger partial charge in [0.15, 0.2) is 0 Å². The molecular weight excluding hydrogens is 1220 g/mol. The number of nitrogens with zero attached hydrogens (tertiary/aromatic N) is 14. The Labute approximate surface area is 548 Å². The lowest BCUT2D eigenvalue weighted by Gasteiger charge is -2.15. The van der Waals surface area contributed by atoms with Crippen LogP contribution in [0.3, 0.4) is 0 Å². The van der Waals surface area contributed by atoms with Crippen molar-refractivity contribution >= 4 is 74.0 Å². The zero-order valence-corrected chi connectivity index (χ0v) is 52.0. The van der Waals surface area contributed by atoms with Gasteiger partial charge >= 0.3 is 0 Å². The molecule has 0 unspecified atom stereocenters. The van der Waals surface area contributed by atoms with Gasteiger partial charge in [0, 0.05) is 103 Å². The molecule has 2 N–H and O–H groups in total. The number of pyridine rings is 7. The Bertz CT molecular complexity index is 4990. The molecule has 11 aromatic heterocycles. The molecule has 0 saturated carbocycles. The lowest BCUT2D eigenvalue weighted by atomic mass is 10.2. The van der Waals surface area contributed by atoms with Crippen molar-refractivity contribution in [2.45, 2.75) is 45.7 Å². The highest BCUT2D eigenvalue weighted by molar-refractivity contribution is 6.29. The summed E-state index contributed by atoms with van der Waals surface area (Å²) < 4.78 is 16.3. The number of allylic oxidation sites excluding steroid dienone is 1. The highest BCUT2D eigenvalue weighted by Gasteiger charge is 2.31. The highest BCUT2D eigenvalue weighted by Crippen LogP contribution is 2.29. The number of rotatable bonds is 9. The number of ether oxygens (including phenoxy) is 2. The van der Waals surface area contributed by atoms with Crippen LogP contribution in [0.4, 0.5) is 0 Å². The van der Waals surface area contributed by atoms with Crippen LogP contribution in [0.5, 0.6) is 11.5 Å². The van der Waals surface area contributed by atoms with E-state index in [2.05, 4.69) is 62.7 Å². The summed E-state index contributed by atoms with van der Waals surface area (Å²) in [5.74, 6) is 3.98. The second kappa shape index (κ2) is 26.5. The molecule has 0 fully saturated rings. The first-order chi connectivity index (χ1) is 46.5. The third kappa shape index (κ3) is 12.6. The van der Waals surface area contributed by atoms with Crippen LogP contribution in [0.15, 0.2) is 208 Å². The molecule has 15 heterocycles. The van der Waals surface area contributed by atoms with E-state index in [0.29, 0.717) is 66.7 Å². The Morgan fingerprint density at radius 1 is 0.453 bits per heavy atom. The van der Waals surface area contributed by atoms with Crippen molar-refractivity contribution in [3.8, 4) is 29.0 Å². The van der Waals surface area contributed by atoms with Crippen molar-refractivity contribution in [2.75, 3.05) is 14.2 Å². The maximum absolute atomic E-state index is 12.8. The predicted octanol–water partition coefficient (Wildman–Crippen LogP) is 10.9. The number of methoxy groups -OCH3 is 2. The van der Waals surface area contributed by atoms with E-state index in [9.17, 15) is 19.2 Å². The molecule has 4 aliphatic heterocycles. The summed E-state index contributed by atoms with van der Waals surface area (Å²) in [6, 6.07) is 41.9. The Balaban J connectivity index is 0.000000106. The molecule has 0 radical (unpaired) electrons. The SMILES string of the molecule is C1=Cc2cncnc2C1.COc1ccc(CN2Cc3nc(-n4ccc5cnccc54)ccc3C2=O)cc1.COc1ccc(CN2Cc3nc(Cl)ccc3C2=O)cc1.O=C1NCc2nc(-n3ccc4cnccc43)ccc21.O=C1NCc2nc(-n3ccc4cnccc43)ccc21. The third-order valence-corrected chi connectivity index (χ3v) is 16.8. The molecule has 0 bridgehead atoms. The van der Waals surface area contributed by atoms with Crippen LogP contribution in [-0.4, -0.2) is 106 Å². The van der Waals surface area contributed by atoms with Crippen LogP contribution in [0.1, 0.15) is 86.6 Å². The van der Waals surface area contributed by atoms with Crippen LogP contribution in [0.2, 0.25) is 5.15 Å². The van der Waals surface area contributed by atoms with E-state index in [4.69, 9.17) is 26.1 Å². The molecule has 2 aromatic carbocycles. The molecule has 5 aliphatic rings. The zero-order valence-electron chi connectivity index (χ0n) is 51.2. The van der Waals surface area contributed by atoms with E-state index in [0.717, 1.165) is 113 Å². The van der Waals surface area contributed by atoms with E-state index in [1.807, 2.05) is 183 Å². The number of hydrogen-bond acceptors (Lipinski definition) is 15. The first-order valence-corrected chi connectivity index (χ1v) is 30.7. The van der Waals surface area contributed by atoms with E-state index in [1.165, 1.54) is 0 Å². The smallest absolute Gasteiger partial charge is 0.256 e. The van der Waals surface area contributed by atoms with Gasteiger partial charge in [0.25, 0.3) is 23.6 Å². The van der Waals surface area contributed by atoms with Gasteiger partial charge < -0.3 is 43.6 Å². The van der Waals surface area contributed by atoms with Crippen LogP contribution in [-0.2, 0) is 45.7 Å². The van der Waals surface area contributed by atoms with Gasteiger partial charge in [-0.05, 0) is 120 Å². The van der Waals surface area contributed by atoms with Crippen LogP contribution in [0.25, 0.3) is 56.2 Å². The lowest BCUT2D eigenvalue weighted by Crippen LogP contribution is -2.23. The standard InChI is InChI=1S/C22H18N4O2.C15H13ClN2O2.2C14H10N4O.C7H6N2/c1-28-17-4-2-15(3-5-17)13-25-14-19-18(22(25)27)6-7-21(24-19)26-11-9-16-12-23-10-8-20(16)26;1-20-11-4-2-10(3-5-11)8-18-9-13-12(15(18)19)6-7-14(16)17-13;2*19-14-10-1-2-13(17-11(10)8-16-14)18-6-4-9-7-15-5-3-12(9)18;1-2-6-4-8-5-9-7(6)3-1/h2-12H,13-14H2,1H3;2-7H,8-9H2,1H3;2*1-7H,8H2,(H,16,19);1-2,4-5H,3H2. The summed E-state index contributed by atoms with van der Waals surface area (Å²) in [5.41, 5.74) is 13.4. The van der Waals surface area contributed by atoms with E-state index < -0.39 is 0 Å². The van der Waals surface area contributed by atoms with Gasteiger partial charge in [-0.2, -0.15) is 0 Å². The molecule has 0 saturated heterocycles. The second-order valence-electron chi connectivity index (χ2n) is 22.4.